The molecule has 1 aromatic heterocycles. The number of hydrogen-bond donors (Lipinski definition) is 3. The summed E-state index contributed by atoms with van der Waals surface area (Å²) in [4.78, 5) is 26.6. The Morgan fingerprint density at radius 1 is 1.29 bits per heavy atom. The van der Waals surface area contributed by atoms with Gasteiger partial charge in [-0.25, -0.2) is 9.78 Å². The molecule has 2 rings (SSSR count). The van der Waals surface area contributed by atoms with Gasteiger partial charge < -0.3 is 16.4 Å². The smallest absolute Gasteiger partial charge is 0.312 e. The molecule has 1 aromatic carbocycles. The highest BCUT2D eigenvalue weighted by atomic mass is 35.5. The van der Waals surface area contributed by atoms with Gasteiger partial charge >= 0.3 is 6.03 Å². The molecule has 0 radical (unpaired) electrons. The van der Waals surface area contributed by atoms with Crippen molar-refractivity contribution in [2.75, 3.05) is 11.9 Å². The predicted octanol–water partition coefficient (Wildman–Crippen LogP) is 2.19. The molecule has 110 valence electrons. The number of urea groups is 1. The van der Waals surface area contributed by atoms with Crippen LogP contribution in [0.15, 0.2) is 24.3 Å². The van der Waals surface area contributed by atoms with E-state index in [1.807, 2.05) is 25.1 Å². The first kappa shape index (κ1) is 15.1. The van der Waals surface area contributed by atoms with Crippen LogP contribution in [0.3, 0.4) is 0 Å². The molecule has 0 bridgehead atoms. The number of halogens is 1. The third-order valence-electron chi connectivity index (χ3n) is 2.92. The van der Waals surface area contributed by atoms with Gasteiger partial charge in [0.2, 0.25) is 5.91 Å². The maximum atomic E-state index is 11.7. The molecule has 3 amide bonds. The summed E-state index contributed by atoms with van der Waals surface area (Å²) in [6, 6.07) is 6.54. The van der Waals surface area contributed by atoms with E-state index in [4.69, 9.17) is 17.3 Å². The lowest BCUT2D eigenvalue weighted by atomic mass is 10.1. The third kappa shape index (κ3) is 3.82. The van der Waals surface area contributed by atoms with Crippen molar-refractivity contribution in [3.05, 3.63) is 34.9 Å². The van der Waals surface area contributed by atoms with Crippen LogP contribution in [0.2, 0.25) is 5.02 Å². The SMILES string of the molecule is Cc1ccc(Cl)c2ccc(NC(=O)CCNC(N)=O)nc12. The zero-order chi connectivity index (χ0) is 15.4. The van der Waals surface area contributed by atoms with E-state index in [1.54, 1.807) is 6.07 Å². The fraction of sp³-hybridized carbons (Fsp3) is 0.214. The molecular formula is C14H15ClN4O2. The molecule has 0 aliphatic rings. The zero-order valence-corrected chi connectivity index (χ0v) is 12.2. The normalized spacial score (nSPS) is 10.4. The van der Waals surface area contributed by atoms with E-state index >= 15 is 0 Å². The number of rotatable bonds is 4. The van der Waals surface area contributed by atoms with Crippen LogP contribution in [0, 0.1) is 6.92 Å². The number of hydrogen-bond acceptors (Lipinski definition) is 3. The minimum absolute atomic E-state index is 0.122. The lowest BCUT2D eigenvalue weighted by Crippen LogP contribution is -2.32. The quantitative estimate of drug-likeness (QED) is 0.807. The second kappa shape index (κ2) is 6.41. The summed E-state index contributed by atoms with van der Waals surface area (Å²) in [5, 5.41) is 6.47. The molecule has 1 heterocycles. The average molecular weight is 307 g/mol. The van der Waals surface area contributed by atoms with Gasteiger partial charge in [-0.15, -0.1) is 0 Å². The number of primary amides is 1. The van der Waals surface area contributed by atoms with Crippen LogP contribution in [-0.2, 0) is 4.79 Å². The molecule has 0 saturated carbocycles. The van der Waals surface area contributed by atoms with Gasteiger partial charge in [-0.2, -0.15) is 0 Å². The topological polar surface area (TPSA) is 97.1 Å². The number of amides is 3. The van der Waals surface area contributed by atoms with Crippen LogP contribution >= 0.6 is 11.6 Å². The highest BCUT2D eigenvalue weighted by Crippen LogP contribution is 2.26. The second-order valence-corrected chi connectivity index (χ2v) is 4.95. The van der Waals surface area contributed by atoms with Crippen molar-refractivity contribution < 1.29 is 9.59 Å². The van der Waals surface area contributed by atoms with E-state index < -0.39 is 6.03 Å². The number of carbonyl (C=O) groups excluding carboxylic acids is 2. The van der Waals surface area contributed by atoms with E-state index in [0.29, 0.717) is 10.8 Å². The van der Waals surface area contributed by atoms with Crippen molar-refractivity contribution in [3.8, 4) is 0 Å². The molecule has 7 heteroatoms. The van der Waals surface area contributed by atoms with Crippen molar-refractivity contribution in [1.29, 1.82) is 0 Å². The van der Waals surface area contributed by atoms with Gasteiger partial charge in [-0.1, -0.05) is 17.7 Å². The van der Waals surface area contributed by atoms with Crippen LogP contribution in [0.1, 0.15) is 12.0 Å². The lowest BCUT2D eigenvalue weighted by molar-refractivity contribution is -0.116. The Labute approximate surface area is 126 Å². The molecular weight excluding hydrogens is 292 g/mol. The number of carbonyl (C=O) groups is 2. The van der Waals surface area contributed by atoms with Crippen LogP contribution in [0.4, 0.5) is 10.6 Å². The second-order valence-electron chi connectivity index (χ2n) is 4.55. The number of aryl methyl sites for hydroxylation is 1. The maximum absolute atomic E-state index is 11.7. The molecule has 6 nitrogen and oxygen atoms in total. The average Bonchev–Trinajstić information content (AvgIpc) is 2.42. The summed E-state index contributed by atoms with van der Waals surface area (Å²) in [6.45, 7) is 2.10. The highest BCUT2D eigenvalue weighted by molar-refractivity contribution is 6.35. The van der Waals surface area contributed by atoms with E-state index in [0.717, 1.165) is 16.5 Å². The number of nitrogens with two attached hydrogens (primary N) is 1. The first-order chi connectivity index (χ1) is 9.97. The first-order valence-electron chi connectivity index (χ1n) is 6.36. The van der Waals surface area contributed by atoms with Crippen molar-refractivity contribution >= 4 is 40.3 Å². The summed E-state index contributed by atoms with van der Waals surface area (Å²) in [7, 11) is 0. The molecule has 0 atom stereocenters. The van der Waals surface area contributed by atoms with Gasteiger partial charge in [0.1, 0.15) is 5.82 Å². The van der Waals surface area contributed by atoms with Crippen LogP contribution < -0.4 is 16.4 Å². The summed E-state index contributed by atoms with van der Waals surface area (Å²) in [5.41, 5.74) is 6.64. The van der Waals surface area contributed by atoms with E-state index in [1.165, 1.54) is 0 Å². The fourth-order valence-electron chi connectivity index (χ4n) is 1.89. The standard InChI is InChI=1S/C14H15ClN4O2/c1-8-2-4-10(15)9-3-5-11(19-13(8)9)18-12(20)6-7-17-14(16)21/h2-5H,6-7H2,1H3,(H3,16,17,21)(H,18,19,20). The fourth-order valence-corrected chi connectivity index (χ4v) is 2.11. The van der Waals surface area contributed by atoms with Gasteiger partial charge in [0.25, 0.3) is 0 Å². The molecule has 2 aromatic rings. The first-order valence-corrected chi connectivity index (χ1v) is 6.74. The summed E-state index contributed by atoms with van der Waals surface area (Å²) >= 11 is 6.11. The number of nitrogens with zero attached hydrogens (tertiary/aromatic N) is 1. The maximum Gasteiger partial charge on any atom is 0.312 e. The minimum atomic E-state index is -0.656. The Bertz CT molecular complexity index is 703. The van der Waals surface area contributed by atoms with E-state index in [9.17, 15) is 9.59 Å². The number of pyridine rings is 1. The molecule has 0 aliphatic carbocycles. The summed E-state index contributed by atoms with van der Waals surface area (Å²) in [6.07, 6.45) is 0.122. The highest BCUT2D eigenvalue weighted by Gasteiger charge is 2.07. The Hall–Kier alpha value is -2.34. The van der Waals surface area contributed by atoms with Gasteiger partial charge in [0.15, 0.2) is 0 Å². The lowest BCUT2D eigenvalue weighted by Gasteiger charge is -2.08. The monoisotopic (exact) mass is 306 g/mol. The van der Waals surface area contributed by atoms with Crippen molar-refractivity contribution in [1.82, 2.24) is 10.3 Å². The van der Waals surface area contributed by atoms with Crippen LogP contribution in [-0.4, -0.2) is 23.5 Å². The van der Waals surface area contributed by atoms with Crippen LogP contribution in [0.25, 0.3) is 10.9 Å². The minimum Gasteiger partial charge on any atom is -0.352 e. The molecule has 0 unspecified atom stereocenters. The Kier molecular flexibility index (Phi) is 4.59. The van der Waals surface area contributed by atoms with Gasteiger partial charge in [-0.3, -0.25) is 4.79 Å². The van der Waals surface area contributed by atoms with Crippen molar-refractivity contribution in [2.45, 2.75) is 13.3 Å². The predicted molar refractivity (Wildman–Crippen MR) is 82.3 cm³/mol. The number of anilines is 1. The van der Waals surface area contributed by atoms with Crippen molar-refractivity contribution in [2.24, 2.45) is 5.73 Å². The number of benzene rings is 1. The molecule has 4 N–H and O–H groups in total. The number of aromatic nitrogens is 1. The molecule has 0 spiro atoms. The number of nitrogens with one attached hydrogen (secondary N) is 2. The van der Waals surface area contributed by atoms with E-state index in [2.05, 4.69) is 15.6 Å². The molecule has 0 fully saturated rings. The van der Waals surface area contributed by atoms with Crippen LogP contribution in [0.5, 0.6) is 0 Å². The Balaban J connectivity index is 2.11. The van der Waals surface area contributed by atoms with E-state index in [-0.39, 0.29) is 18.9 Å². The Morgan fingerprint density at radius 2 is 2.05 bits per heavy atom. The Morgan fingerprint density at radius 3 is 2.76 bits per heavy atom. The molecule has 0 saturated heterocycles. The largest absolute Gasteiger partial charge is 0.352 e. The molecule has 0 aliphatic heterocycles. The molecule has 21 heavy (non-hydrogen) atoms. The van der Waals surface area contributed by atoms with Gasteiger partial charge in [0.05, 0.1) is 5.52 Å². The number of fused-ring (bicyclic) bond motifs is 1. The van der Waals surface area contributed by atoms with Gasteiger partial charge in [-0.05, 0) is 30.7 Å². The summed E-state index contributed by atoms with van der Waals surface area (Å²) < 4.78 is 0. The zero-order valence-electron chi connectivity index (χ0n) is 11.4. The van der Waals surface area contributed by atoms with Gasteiger partial charge in [0, 0.05) is 23.4 Å². The summed E-state index contributed by atoms with van der Waals surface area (Å²) in [5.74, 6) is 0.187. The van der Waals surface area contributed by atoms with Crippen molar-refractivity contribution in [3.63, 3.8) is 0 Å². The third-order valence-corrected chi connectivity index (χ3v) is 3.25.